The highest BCUT2D eigenvalue weighted by molar-refractivity contribution is 7.98. The number of hydrogen-bond donors (Lipinski definition) is 1. The van der Waals surface area contributed by atoms with E-state index in [2.05, 4.69) is 5.32 Å². The first-order chi connectivity index (χ1) is 13.4. The van der Waals surface area contributed by atoms with Crippen LogP contribution in [0.15, 0.2) is 47.4 Å². The zero-order valence-electron chi connectivity index (χ0n) is 15.6. The number of para-hydroxylation sites is 2. The number of nitro benzene ring substituents is 1. The van der Waals surface area contributed by atoms with Gasteiger partial charge in [0.1, 0.15) is 5.75 Å². The number of anilines is 1. The first-order valence-corrected chi connectivity index (χ1v) is 9.66. The molecule has 0 fully saturated rings. The number of carbonyl (C=O) groups is 2. The van der Waals surface area contributed by atoms with E-state index in [-0.39, 0.29) is 11.3 Å². The first kappa shape index (κ1) is 21.2. The lowest BCUT2D eigenvalue weighted by atomic mass is 10.2. The van der Waals surface area contributed by atoms with Crippen LogP contribution in [0.2, 0.25) is 0 Å². The van der Waals surface area contributed by atoms with Crippen molar-refractivity contribution in [2.24, 2.45) is 0 Å². The first-order valence-electron chi connectivity index (χ1n) is 8.43. The van der Waals surface area contributed by atoms with Gasteiger partial charge in [-0.25, -0.2) is 4.79 Å². The van der Waals surface area contributed by atoms with Crippen LogP contribution in [0.1, 0.15) is 24.2 Å². The van der Waals surface area contributed by atoms with Crippen LogP contribution >= 0.6 is 11.8 Å². The van der Waals surface area contributed by atoms with Gasteiger partial charge in [-0.15, -0.1) is 11.8 Å². The third-order valence-corrected chi connectivity index (χ3v) is 4.49. The van der Waals surface area contributed by atoms with Crippen molar-refractivity contribution in [3.63, 3.8) is 0 Å². The van der Waals surface area contributed by atoms with Gasteiger partial charge in [0.05, 0.1) is 27.7 Å². The zero-order chi connectivity index (χ0) is 20.7. The van der Waals surface area contributed by atoms with Crippen molar-refractivity contribution in [2.75, 3.05) is 18.2 Å². The molecule has 2 aromatic rings. The standard InChI is InChI=1S/C19H20N2O6S/c1-4-26-16-8-6-5-7-14(16)20-18(22)12(2)27-19(23)13-9-10-17(28-3)15(11-13)21(24)25/h5-12H,4H2,1-3H3,(H,20,22)/t12-/m0/s1. The predicted octanol–water partition coefficient (Wildman–Crippen LogP) is 3.90. The number of rotatable bonds is 8. The van der Waals surface area contributed by atoms with E-state index < -0.39 is 22.9 Å². The highest BCUT2D eigenvalue weighted by Crippen LogP contribution is 2.29. The summed E-state index contributed by atoms with van der Waals surface area (Å²) in [5, 5.41) is 13.8. The van der Waals surface area contributed by atoms with Crippen LogP contribution in [0.5, 0.6) is 5.75 Å². The number of nitrogens with one attached hydrogen (secondary N) is 1. The van der Waals surface area contributed by atoms with Gasteiger partial charge in [0, 0.05) is 6.07 Å². The van der Waals surface area contributed by atoms with Gasteiger partial charge < -0.3 is 14.8 Å². The smallest absolute Gasteiger partial charge is 0.339 e. The summed E-state index contributed by atoms with van der Waals surface area (Å²) in [5.74, 6) is -0.868. The largest absolute Gasteiger partial charge is 0.492 e. The quantitative estimate of drug-likeness (QED) is 0.308. The molecule has 0 aliphatic rings. The third-order valence-electron chi connectivity index (χ3n) is 3.71. The van der Waals surface area contributed by atoms with Crippen LogP contribution in [-0.2, 0) is 9.53 Å². The number of nitrogens with zero attached hydrogens (tertiary/aromatic N) is 1. The lowest BCUT2D eigenvalue weighted by molar-refractivity contribution is -0.387. The molecule has 0 radical (unpaired) electrons. The minimum absolute atomic E-state index is 0.00105. The van der Waals surface area contributed by atoms with Crippen LogP contribution in [-0.4, -0.2) is 35.8 Å². The van der Waals surface area contributed by atoms with Crippen molar-refractivity contribution in [1.29, 1.82) is 0 Å². The Morgan fingerprint density at radius 3 is 2.61 bits per heavy atom. The Morgan fingerprint density at radius 2 is 1.96 bits per heavy atom. The fourth-order valence-corrected chi connectivity index (χ4v) is 2.87. The molecular formula is C19H20N2O6S. The molecule has 8 nitrogen and oxygen atoms in total. The zero-order valence-corrected chi connectivity index (χ0v) is 16.4. The Kier molecular flexibility index (Phi) is 7.39. The Labute approximate surface area is 166 Å². The molecule has 0 saturated carbocycles. The SMILES string of the molecule is CCOc1ccccc1NC(=O)[C@H](C)OC(=O)c1ccc(SC)c([N+](=O)[O-])c1. The molecule has 0 bridgehead atoms. The predicted molar refractivity (Wildman–Crippen MR) is 106 cm³/mol. The highest BCUT2D eigenvalue weighted by Gasteiger charge is 2.23. The molecule has 28 heavy (non-hydrogen) atoms. The normalized spacial score (nSPS) is 11.4. The summed E-state index contributed by atoms with van der Waals surface area (Å²) >= 11 is 1.20. The van der Waals surface area contributed by atoms with Gasteiger partial charge in [-0.1, -0.05) is 12.1 Å². The van der Waals surface area contributed by atoms with Crippen molar-refractivity contribution in [1.82, 2.24) is 0 Å². The van der Waals surface area contributed by atoms with Crippen molar-refractivity contribution >= 4 is 35.0 Å². The molecule has 0 saturated heterocycles. The van der Waals surface area contributed by atoms with Gasteiger partial charge in [-0.3, -0.25) is 14.9 Å². The fraction of sp³-hybridized carbons (Fsp3) is 0.263. The van der Waals surface area contributed by atoms with Crippen LogP contribution in [0, 0.1) is 10.1 Å². The molecule has 2 rings (SSSR count). The average Bonchev–Trinajstić information content (AvgIpc) is 2.68. The third kappa shape index (κ3) is 5.23. The molecule has 0 unspecified atom stereocenters. The number of hydrogen-bond acceptors (Lipinski definition) is 7. The number of esters is 1. The second kappa shape index (κ2) is 9.75. The second-order valence-corrected chi connectivity index (χ2v) is 6.46. The molecule has 1 N–H and O–H groups in total. The highest BCUT2D eigenvalue weighted by atomic mass is 32.2. The molecule has 148 valence electrons. The Bertz CT molecular complexity index is 886. The summed E-state index contributed by atoms with van der Waals surface area (Å²) in [5.41, 5.74) is 0.265. The summed E-state index contributed by atoms with van der Waals surface area (Å²) in [6, 6.07) is 10.9. The van der Waals surface area contributed by atoms with E-state index in [1.807, 2.05) is 6.92 Å². The van der Waals surface area contributed by atoms with Gasteiger partial charge in [-0.05, 0) is 44.4 Å². The monoisotopic (exact) mass is 404 g/mol. The molecule has 0 spiro atoms. The summed E-state index contributed by atoms with van der Waals surface area (Å²) in [7, 11) is 0. The number of ether oxygens (including phenoxy) is 2. The van der Waals surface area contributed by atoms with E-state index in [4.69, 9.17) is 9.47 Å². The summed E-state index contributed by atoms with van der Waals surface area (Å²) in [6.07, 6.45) is 0.591. The van der Waals surface area contributed by atoms with E-state index in [0.29, 0.717) is 22.9 Å². The Morgan fingerprint density at radius 1 is 1.25 bits per heavy atom. The van der Waals surface area contributed by atoms with Crippen LogP contribution in [0.25, 0.3) is 0 Å². The minimum Gasteiger partial charge on any atom is -0.492 e. The van der Waals surface area contributed by atoms with Crippen LogP contribution < -0.4 is 10.1 Å². The fourth-order valence-electron chi connectivity index (χ4n) is 2.33. The lowest BCUT2D eigenvalue weighted by Gasteiger charge is -2.15. The molecule has 9 heteroatoms. The van der Waals surface area contributed by atoms with Gasteiger partial charge >= 0.3 is 5.97 Å². The Hall–Kier alpha value is -3.07. The number of benzene rings is 2. The van der Waals surface area contributed by atoms with E-state index in [0.717, 1.165) is 6.07 Å². The molecule has 1 atom stereocenters. The van der Waals surface area contributed by atoms with E-state index in [9.17, 15) is 19.7 Å². The number of nitro groups is 1. The summed E-state index contributed by atoms with van der Waals surface area (Å²) in [4.78, 5) is 35.7. The van der Waals surface area contributed by atoms with E-state index in [1.54, 1.807) is 30.5 Å². The van der Waals surface area contributed by atoms with Gasteiger partial charge in [0.15, 0.2) is 6.10 Å². The molecular weight excluding hydrogens is 384 g/mol. The van der Waals surface area contributed by atoms with Crippen molar-refractivity contribution < 1.29 is 24.0 Å². The van der Waals surface area contributed by atoms with Gasteiger partial charge in [0.2, 0.25) is 0 Å². The number of carbonyl (C=O) groups excluding carboxylic acids is 2. The molecule has 2 aromatic carbocycles. The Balaban J connectivity index is 2.09. The van der Waals surface area contributed by atoms with Crippen LogP contribution in [0.4, 0.5) is 11.4 Å². The molecule has 1 amide bonds. The van der Waals surface area contributed by atoms with E-state index >= 15 is 0 Å². The van der Waals surface area contributed by atoms with E-state index in [1.165, 1.54) is 30.8 Å². The van der Waals surface area contributed by atoms with Gasteiger partial charge in [-0.2, -0.15) is 0 Å². The average molecular weight is 404 g/mol. The minimum atomic E-state index is -1.11. The van der Waals surface area contributed by atoms with Crippen LogP contribution in [0.3, 0.4) is 0 Å². The number of thioether (sulfide) groups is 1. The van der Waals surface area contributed by atoms with Crippen molar-refractivity contribution in [3.05, 3.63) is 58.1 Å². The number of amides is 1. The summed E-state index contributed by atoms with van der Waals surface area (Å²) in [6.45, 7) is 3.67. The molecule has 0 aliphatic carbocycles. The topological polar surface area (TPSA) is 108 Å². The maximum absolute atomic E-state index is 12.4. The molecule has 0 aromatic heterocycles. The molecule has 0 aliphatic heterocycles. The van der Waals surface area contributed by atoms with Crippen molar-refractivity contribution in [2.45, 2.75) is 24.8 Å². The maximum atomic E-state index is 12.4. The second-order valence-electron chi connectivity index (χ2n) is 5.61. The lowest BCUT2D eigenvalue weighted by Crippen LogP contribution is -2.30. The summed E-state index contributed by atoms with van der Waals surface area (Å²) < 4.78 is 10.6. The van der Waals surface area contributed by atoms with Crippen molar-refractivity contribution in [3.8, 4) is 5.75 Å². The molecule has 0 heterocycles. The van der Waals surface area contributed by atoms with Gasteiger partial charge in [0.25, 0.3) is 11.6 Å². The maximum Gasteiger partial charge on any atom is 0.339 e.